The standard InChI is InChI=1S/C17H14N4O2/c1-11-4-5-12(17(22)23)9-14(11)20-15-6-8-19-16(21-15)13-3-2-7-18-10-13/h2-10H,1H3,(H,22,23)(H,19,20,21). The number of hydrogen-bond acceptors (Lipinski definition) is 5. The van der Waals surface area contributed by atoms with Crippen molar-refractivity contribution in [2.45, 2.75) is 6.92 Å². The van der Waals surface area contributed by atoms with Crippen LogP contribution in [0, 0.1) is 6.92 Å². The number of nitrogens with zero attached hydrogens (tertiary/aromatic N) is 3. The van der Waals surface area contributed by atoms with Crippen LogP contribution in [0.25, 0.3) is 11.4 Å². The maximum atomic E-state index is 11.1. The Morgan fingerprint density at radius 2 is 2.04 bits per heavy atom. The number of aromatic carboxylic acids is 1. The average molecular weight is 306 g/mol. The first kappa shape index (κ1) is 14.6. The monoisotopic (exact) mass is 306 g/mol. The van der Waals surface area contributed by atoms with Crippen LogP contribution in [-0.4, -0.2) is 26.0 Å². The third-order valence-electron chi connectivity index (χ3n) is 3.32. The zero-order chi connectivity index (χ0) is 16.2. The minimum absolute atomic E-state index is 0.222. The molecule has 2 aromatic heterocycles. The highest BCUT2D eigenvalue weighted by Gasteiger charge is 2.08. The summed E-state index contributed by atoms with van der Waals surface area (Å²) in [5.74, 6) is 0.173. The Balaban J connectivity index is 1.92. The maximum Gasteiger partial charge on any atom is 0.335 e. The summed E-state index contributed by atoms with van der Waals surface area (Å²) in [5.41, 5.74) is 2.66. The Labute approximate surface area is 132 Å². The van der Waals surface area contributed by atoms with Crippen molar-refractivity contribution in [1.29, 1.82) is 0 Å². The van der Waals surface area contributed by atoms with E-state index >= 15 is 0 Å². The lowest BCUT2D eigenvalue weighted by Crippen LogP contribution is -2.01. The molecule has 0 saturated heterocycles. The number of anilines is 2. The van der Waals surface area contributed by atoms with Crippen molar-refractivity contribution in [3.63, 3.8) is 0 Å². The fourth-order valence-electron chi connectivity index (χ4n) is 2.09. The molecule has 3 rings (SSSR count). The smallest absolute Gasteiger partial charge is 0.335 e. The van der Waals surface area contributed by atoms with Crippen LogP contribution in [0.2, 0.25) is 0 Å². The summed E-state index contributed by atoms with van der Waals surface area (Å²) in [6, 6.07) is 10.3. The largest absolute Gasteiger partial charge is 0.478 e. The van der Waals surface area contributed by atoms with Gasteiger partial charge in [0, 0.05) is 29.8 Å². The Kier molecular flexibility index (Phi) is 3.97. The van der Waals surface area contributed by atoms with Crippen LogP contribution in [-0.2, 0) is 0 Å². The molecule has 0 amide bonds. The molecule has 0 bridgehead atoms. The molecule has 23 heavy (non-hydrogen) atoms. The Morgan fingerprint density at radius 1 is 1.17 bits per heavy atom. The number of hydrogen-bond donors (Lipinski definition) is 2. The van der Waals surface area contributed by atoms with Gasteiger partial charge < -0.3 is 10.4 Å². The van der Waals surface area contributed by atoms with Crippen molar-refractivity contribution in [3.8, 4) is 11.4 Å². The van der Waals surface area contributed by atoms with Gasteiger partial charge in [0.1, 0.15) is 5.82 Å². The minimum atomic E-state index is -0.966. The normalized spacial score (nSPS) is 10.3. The van der Waals surface area contributed by atoms with Crippen molar-refractivity contribution >= 4 is 17.5 Å². The highest BCUT2D eigenvalue weighted by Crippen LogP contribution is 2.22. The second kappa shape index (κ2) is 6.23. The van der Waals surface area contributed by atoms with E-state index in [2.05, 4.69) is 20.3 Å². The molecular weight excluding hydrogens is 292 g/mol. The topological polar surface area (TPSA) is 88.0 Å². The summed E-state index contributed by atoms with van der Waals surface area (Å²) in [5, 5.41) is 12.2. The lowest BCUT2D eigenvalue weighted by Gasteiger charge is -2.10. The molecule has 0 unspecified atom stereocenters. The number of pyridine rings is 1. The molecule has 2 N–H and O–H groups in total. The molecule has 0 atom stereocenters. The van der Waals surface area contributed by atoms with Gasteiger partial charge in [-0.3, -0.25) is 4.98 Å². The second-order valence-corrected chi connectivity index (χ2v) is 4.97. The van der Waals surface area contributed by atoms with Gasteiger partial charge in [-0.15, -0.1) is 0 Å². The highest BCUT2D eigenvalue weighted by atomic mass is 16.4. The van der Waals surface area contributed by atoms with Crippen molar-refractivity contribution < 1.29 is 9.90 Å². The van der Waals surface area contributed by atoms with Crippen LogP contribution in [0.5, 0.6) is 0 Å². The predicted molar refractivity (Wildman–Crippen MR) is 86.7 cm³/mol. The van der Waals surface area contributed by atoms with E-state index in [1.165, 1.54) is 0 Å². The summed E-state index contributed by atoms with van der Waals surface area (Å²) < 4.78 is 0. The van der Waals surface area contributed by atoms with Crippen molar-refractivity contribution in [2.75, 3.05) is 5.32 Å². The summed E-state index contributed by atoms with van der Waals surface area (Å²) in [6.07, 6.45) is 5.02. The van der Waals surface area contributed by atoms with E-state index < -0.39 is 5.97 Å². The summed E-state index contributed by atoms with van der Waals surface area (Å²) in [7, 11) is 0. The Morgan fingerprint density at radius 3 is 2.78 bits per heavy atom. The second-order valence-electron chi connectivity index (χ2n) is 4.97. The molecule has 114 valence electrons. The van der Waals surface area contributed by atoms with E-state index in [-0.39, 0.29) is 5.56 Å². The van der Waals surface area contributed by atoms with E-state index in [1.807, 2.05) is 19.1 Å². The Bertz CT molecular complexity index is 850. The quantitative estimate of drug-likeness (QED) is 0.769. The minimum Gasteiger partial charge on any atom is -0.478 e. The first-order valence-electron chi connectivity index (χ1n) is 6.98. The third-order valence-corrected chi connectivity index (χ3v) is 3.32. The first-order chi connectivity index (χ1) is 11.1. The fourth-order valence-corrected chi connectivity index (χ4v) is 2.09. The van der Waals surface area contributed by atoms with Crippen molar-refractivity contribution in [3.05, 3.63) is 66.1 Å². The number of aromatic nitrogens is 3. The van der Waals surface area contributed by atoms with E-state index in [4.69, 9.17) is 5.11 Å². The number of carboxylic acids is 1. The van der Waals surface area contributed by atoms with Gasteiger partial charge in [-0.1, -0.05) is 6.07 Å². The number of carbonyl (C=O) groups is 1. The number of carboxylic acid groups (broad SMARTS) is 1. The average Bonchev–Trinajstić information content (AvgIpc) is 2.58. The zero-order valence-corrected chi connectivity index (χ0v) is 12.4. The number of nitrogens with one attached hydrogen (secondary N) is 1. The molecule has 0 aliphatic carbocycles. The predicted octanol–water partition coefficient (Wildman–Crippen LogP) is 3.29. The number of rotatable bonds is 4. The van der Waals surface area contributed by atoms with E-state index in [0.717, 1.165) is 11.1 Å². The third kappa shape index (κ3) is 3.32. The summed E-state index contributed by atoms with van der Waals surface area (Å²) in [4.78, 5) is 23.8. The lowest BCUT2D eigenvalue weighted by atomic mass is 10.1. The molecule has 1 aromatic carbocycles. The molecule has 6 heteroatoms. The molecule has 2 heterocycles. The molecule has 0 aliphatic rings. The van der Waals surface area contributed by atoms with E-state index in [9.17, 15) is 4.79 Å². The molecule has 0 radical (unpaired) electrons. The molecule has 0 aliphatic heterocycles. The van der Waals surface area contributed by atoms with Crippen LogP contribution in [0.4, 0.5) is 11.5 Å². The summed E-state index contributed by atoms with van der Waals surface area (Å²) in [6.45, 7) is 1.90. The maximum absolute atomic E-state index is 11.1. The van der Waals surface area contributed by atoms with Crippen molar-refractivity contribution in [2.24, 2.45) is 0 Å². The van der Waals surface area contributed by atoms with Crippen LogP contribution >= 0.6 is 0 Å². The van der Waals surface area contributed by atoms with E-state index in [0.29, 0.717) is 17.3 Å². The van der Waals surface area contributed by atoms with Crippen LogP contribution in [0.3, 0.4) is 0 Å². The van der Waals surface area contributed by atoms with E-state index in [1.54, 1.807) is 42.9 Å². The van der Waals surface area contributed by atoms with Gasteiger partial charge in [-0.25, -0.2) is 14.8 Å². The molecule has 6 nitrogen and oxygen atoms in total. The van der Waals surface area contributed by atoms with Gasteiger partial charge in [0.15, 0.2) is 5.82 Å². The number of aryl methyl sites for hydroxylation is 1. The SMILES string of the molecule is Cc1ccc(C(=O)O)cc1Nc1ccnc(-c2cccnc2)n1. The van der Waals surface area contributed by atoms with Gasteiger partial charge in [0.25, 0.3) is 0 Å². The molecule has 3 aromatic rings. The van der Waals surface area contributed by atoms with Gasteiger partial charge in [-0.05, 0) is 42.8 Å². The zero-order valence-electron chi connectivity index (χ0n) is 12.4. The van der Waals surface area contributed by atoms with Gasteiger partial charge >= 0.3 is 5.97 Å². The van der Waals surface area contributed by atoms with Crippen LogP contribution < -0.4 is 5.32 Å². The molecular formula is C17H14N4O2. The van der Waals surface area contributed by atoms with Gasteiger partial charge in [0.2, 0.25) is 0 Å². The van der Waals surface area contributed by atoms with Crippen molar-refractivity contribution in [1.82, 2.24) is 15.0 Å². The number of benzene rings is 1. The molecule has 0 spiro atoms. The Hall–Kier alpha value is -3.28. The van der Waals surface area contributed by atoms with Gasteiger partial charge in [-0.2, -0.15) is 0 Å². The van der Waals surface area contributed by atoms with Crippen LogP contribution in [0.1, 0.15) is 15.9 Å². The molecule has 0 fully saturated rings. The first-order valence-corrected chi connectivity index (χ1v) is 6.98. The lowest BCUT2D eigenvalue weighted by molar-refractivity contribution is 0.0697. The molecule has 0 saturated carbocycles. The van der Waals surface area contributed by atoms with Crippen LogP contribution in [0.15, 0.2) is 55.0 Å². The highest BCUT2D eigenvalue weighted by molar-refractivity contribution is 5.89. The fraction of sp³-hybridized carbons (Fsp3) is 0.0588. The van der Waals surface area contributed by atoms with Gasteiger partial charge in [0.05, 0.1) is 5.56 Å². The summed E-state index contributed by atoms with van der Waals surface area (Å²) >= 11 is 0.